The molecule has 5 nitrogen and oxygen atoms in total. The van der Waals surface area contributed by atoms with Crippen molar-refractivity contribution in [3.05, 3.63) is 95.3 Å². The van der Waals surface area contributed by atoms with E-state index in [0.29, 0.717) is 17.6 Å². The molecule has 0 spiro atoms. The topological polar surface area (TPSA) is 90.2 Å². The fourth-order valence-electron chi connectivity index (χ4n) is 6.48. The van der Waals surface area contributed by atoms with Crippen LogP contribution in [-0.4, -0.2) is 28.5 Å². The lowest BCUT2D eigenvalue weighted by Gasteiger charge is -2.37. The van der Waals surface area contributed by atoms with E-state index in [4.69, 9.17) is 4.74 Å². The van der Waals surface area contributed by atoms with Crippen LogP contribution in [0.5, 0.6) is 23.0 Å². The van der Waals surface area contributed by atoms with Gasteiger partial charge in [-0.15, -0.1) is 0 Å². The minimum absolute atomic E-state index is 0.145. The number of halogens is 2. The molecule has 1 heterocycles. The van der Waals surface area contributed by atoms with Gasteiger partial charge in [0.2, 0.25) is 0 Å². The number of aliphatic hydroxyl groups is 1. The van der Waals surface area contributed by atoms with Gasteiger partial charge in [0, 0.05) is 23.5 Å². The first-order valence-corrected chi connectivity index (χ1v) is 20.9. The van der Waals surface area contributed by atoms with E-state index in [1.165, 1.54) is 45.3 Å². The minimum atomic E-state index is -0.577. The molecule has 0 amide bonds. The van der Waals surface area contributed by atoms with Crippen molar-refractivity contribution in [1.82, 2.24) is 0 Å². The Hall–Kier alpha value is -1.98. The number of benzene rings is 2. The number of hydrogen-bond donors (Lipinski definition) is 4. The van der Waals surface area contributed by atoms with Gasteiger partial charge in [0.15, 0.2) is 0 Å². The summed E-state index contributed by atoms with van der Waals surface area (Å²) in [6.45, 7) is 18.4. The quantitative estimate of drug-likeness (QED) is 0.0871. The Morgan fingerprint density at radius 3 is 2.00 bits per heavy atom. The van der Waals surface area contributed by atoms with Crippen LogP contribution in [0.3, 0.4) is 0 Å². The molecule has 272 valence electrons. The Labute approximate surface area is 323 Å². The summed E-state index contributed by atoms with van der Waals surface area (Å²) in [7, 11) is 0. The zero-order valence-electron chi connectivity index (χ0n) is 30.4. The van der Waals surface area contributed by atoms with E-state index in [1.54, 1.807) is 12.1 Å². The monoisotopic (exact) mass is 898 g/mol. The van der Waals surface area contributed by atoms with Crippen LogP contribution >= 0.6 is 45.2 Å². The van der Waals surface area contributed by atoms with E-state index in [2.05, 4.69) is 97.3 Å². The SMILES string of the molecule is C=C(C)[C@H]1C=CC(C)(O)CC1.C=C1Oc2cc(CCCCC)cc(O)c2[C@@H]2C=C(C)CC[C@@H]12.CCCCCc1cc(O)cc(O)c1.ICI. The molecule has 1 unspecified atom stereocenters. The molecule has 2 aliphatic carbocycles. The number of alkyl halides is 2. The zero-order chi connectivity index (χ0) is 36.6. The Balaban J connectivity index is 0.000000264. The van der Waals surface area contributed by atoms with Crippen LogP contribution in [0.4, 0.5) is 0 Å². The van der Waals surface area contributed by atoms with E-state index < -0.39 is 5.60 Å². The lowest BCUT2D eigenvalue weighted by atomic mass is 9.74. The predicted octanol–water partition coefficient (Wildman–Crippen LogP) is 12.4. The maximum absolute atomic E-state index is 10.6. The number of rotatable bonds is 9. The molecule has 5 rings (SSSR count). The molecule has 2 aromatic carbocycles. The Bertz CT molecular complexity index is 1390. The molecular weight excluding hydrogens is 838 g/mol. The summed E-state index contributed by atoms with van der Waals surface area (Å²) in [6.07, 6.45) is 19.2. The van der Waals surface area contributed by atoms with Crippen molar-refractivity contribution in [3.63, 3.8) is 0 Å². The summed E-state index contributed by atoms with van der Waals surface area (Å²) in [5.41, 5.74) is 5.13. The highest BCUT2D eigenvalue weighted by Crippen LogP contribution is 2.51. The molecule has 1 aliphatic heterocycles. The van der Waals surface area contributed by atoms with Gasteiger partial charge in [-0.2, -0.15) is 0 Å². The van der Waals surface area contributed by atoms with E-state index in [-0.39, 0.29) is 17.4 Å². The fourth-order valence-corrected chi connectivity index (χ4v) is 6.48. The first kappa shape index (κ1) is 43.2. The van der Waals surface area contributed by atoms with Crippen LogP contribution in [0.1, 0.15) is 121 Å². The van der Waals surface area contributed by atoms with E-state index in [0.717, 1.165) is 79.6 Å². The summed E-state index contributed by atoms with van der Waals surface area (Å²) in [6, 6.07) is 8.79. The largest absolute Gasteiger partial charge is 0.508 e. The third-order valence-electron chi connectivity index (χ3n) is 9.30. The molecule has 0 saturated heterocycles. The highest BCUT2D eigenvalue weighted by atomic mass is 127. The zero-order valence-corrected chi connectivity index (χ0v) is 34.7. The van der Waals surface area contributed by atoms with Gasteiger partial charge in [-0.1, -0.05) is 127 Å². The van der Waals surface area contributed by atoms with Gasteiger partial charge in [-0.05, 0) is 113 Å². The van der Waals surface area contributed by atoms with Gasteiger partial charge in [0.1, 0.15) is 28.8 Å². The van der Waals surface area contributed by atoms with Gasteiger partial charge in [-0.3, -0.25) is 0 Å². The van der Waals surface area contributed by atoms with Crippen LogP contribution in [0.25, 0.3) is 0 Å². The van der Waals surface area contributed by atoms with E-state index in [9.17, 15) is 20.4 Å². The Morgan fingerprint density at radius 1 is 0.918 bits per heavy atom. The average molecular weight is 899 g/mol. The van der Waals surface area contributed by atoms with Crippen molar-refractivity contribution < 1.29 is 25.2 Å². The van der Waals surface area contributed by atoms with Crippen molar-refractivity contribution in [2.75, 3.05) is 2.43 Å². The van der Waals surface area contributed by atoms with Crippen LogP contribution in [0.2, 0.25) is 0 Å². The molecule has 0 bridgehead atoms. The standard InChI is InChI=1S/C20H26O2.C11H16O2.C10H16O.CH2I2/c1-4-5-6-7-15-11-18(21)20-17-10-13(2)8-9-16(17)14(3)22-19(20)12-15;1-2-3-4-5-9-6-10(12)8-11(13)7-9;1-8(2)9-4-6-10(3,11)7-5-9;2-1-3/h10-12,16-17,21H,3-9H2,1-2H3;6-8,12-13H,2-5H2,1H3;4,6,9,11H,1,5,7H2,2-3H3;1H2/t16-,17+;;9-,10?;/m0.0./s1. The molecule has 4 N–H and O–H groups in total. The average Bonchev–Trinajstić information content (AvgIpc) is 3.01. The summed E-state index contributed by atoms with van der Waals surface area (Å²) in [4.78, 5) is 0. The molecule has 0 radical (unpaired) electrons. The van der Waals surface area contributed by atoms with Gasteiger partial charge in [0.05, 0.1) is 8.04 Å². The summed E-state index contributed by atoms with van der Waals surface area (Å²) in [5, 5.41) is 38.5. The van der Waals surface area contributed by atoms with Gasteiger partial charge >= 0.3 is 0 Å². The maximum Gasteiger partial charge on any atom is 0.134 e. The molecule has 2 aromatic rings. The molecular formula is C42H60I2O5. The predicted molar refractivity (Wildman–Crippen MR) is 224 cm³/mol. The van der Waals surface area contributed by atoms with Crippen molar-refractivity contribution in [2.24, 2.45) is 11.8 Å². The molecule has 3 aliphatic rings. The molecule has 0 aromatic heterocycles. The third kappa shape index (κ3) is 15.0. The summed E-state index contributed by atoms with van der Waals surface area (Å²) in [5.74, 6) is 3.34. The molecule has 49 heavy (non-hydrogen) atoms. The second-order valence-corrected chi connectivity index (χ2v) is 18.3. The number of phenolic OH excluding ortho intramolecular Hbond substituents is 3. The Morgan fingerprint density at radius 2 is 1.49 bits per heavy atom. The number of phenols is 3. The summed E-state index contributed by atoms with van der Waals surface area (Å²) < 4.78 is 7.17. The first-order valence-electron chi connectivity index (χ1n) is 17.9. The number of aromatic hydroxyl groups is 3. The van der Waals surface area contributed by atoms with E-state index in [1.807, 2.05) is 26.0 Å². The molecule has 7 heteroatoms. The van der Waals surface area contributed by atoms with Crippen molar-refractivity contribution in [3.8, 4) is 23.0 Å². The highest BCUT2D eigenvalue weighted by molar-refractivity contribution is 14.2. The molecule has 4 atom stereocenters. The fraction of sp³-hybridized carbons (Fsp3) is 0.524. The van der Waals surface area contributed by atoms with Crippen LogP contribution < -0.4 is 4.74 Å². The van der Waals surface area contributed by atoms with Crippen LogP contribution in [-0.2, 0) is 12.8 Å². The number of allylic oxidation sites excluding steroid dienone is 5. The number of unbranched alkanes of at least 4 members (excludes halogenated alkanes) is 4. The van der Waals surface area contributed by atoms with Crippen molar-refractivity contribution in [2.45, 2.75) is 123 Å². The number of hydrogen-bond acceptors (Lipinski definition) is 5. The molecule has 0 fully saturated rings. The lowest BCUT2D eigenvalue weighted by Crippen LogP contribution is -2.25. The Kier molecular flexibility index (Phi) is 19.4. The van der Waals surface area contributed by atoms with Gasteiger partial charge in [-0.25, -0.2) is 0 Å². The first-order chi connectivity index (χ1) is 23.2. The van der Waals surface area contributed by atoms with Crippen LogP contribution in [0.15, 0.2) is 78.6 Å². The minimum Gasteiger partial charge on any atom is -0.508 e. The second kappa shape index (κ2) is 22.1. The smallest absolute Gasteiger partial charge is 0.134 e. The molecule has 0 saturated carbocycles. The van der Waals surface area contributed by atoms with Crippen molar-refractivity contribution >= 4 is 45.2 Å². The maximum atomic E-state index is 10.6. The van der Waals surface area contributed by atoms with Crippen molar-refractivity contribution in [1.29, 1.82) is 0 Å². The number of ether oxygens (including phenoxy) is 1. The van der Waals surface area contributed by atoms with E-state index >= 15 is 0 Å². The highest BCUT2D eigenvalue weighted by Gasteiger charge is 2.36. The summed E-state index contributed by atoms with van der Waals surface area (Å²) >= 11 is 4.55. The van der Waals surface area contributed by atoms with Gasteiger partial charge in [0.25, 0.3) is 0 Å². The third-order valence-corrected chi connectivity index (χ3v) is 9.30. The number of aryl methyl sites for hydroxylation is 2. The normalized spacial score (nSPS) is 21.9. The number of fused-ring (bicyclic) bond motifs is 3. The lowest BCUT2D eigenvalue weighted by molar-refractivity contribution is 0.0903. The van der Waals surface area contributed by atoms with Crippen LogP contribution in [0, 0.1) is 11.8 Å². The van der Waals surface area contributed by atoms with Gasteiger partial charge < -0.3 is 25.2 Å². The second-order valence-electron chi connectivity index (χ2n) is 13.9.